The fourth-order valence-corrected chi connectivity index (χ4v) is 3.66. The van der Waals surface area contributed by atoms with E-state index in [-0.39, 0.29) is 22.8 Å². The van der Waals surface area contributed by atoms with E-state index in [1.165, 1.54) is 30.5 Å². The third kappa shape index (κ3) is 6.08. The molecule has 3 rings (SSSR count). The van der Waals surface area contributed by atoms with Gasteiger partial charge in [-0.1, -0.05) is 6.07 Å². The standard InChI is InChI=1S/C21H13Br2F3N2O3/c22-17-8-12(9-18(23)19(17)29)11-27-28-20(30)13-2-1-3-16(10-13)31-15-6-4-14(5-7-15)21(24,25)26/h1-11,29H,(H,28,30). The number of benzene rings is 3. The average Bonchev–Trinajstić information content (AvgIpc) is 2.72. The number of hydrogen-bond acceptors (Lipinski definition) is 4. The van der Waals surface area contributed by atoms with Crippen molar-refractivity contribution in [2.45, 2.75) is 6.18 Å². The highest BCUT2D eigenvalue weighted by Gasteiger charge is 2.30. The van der Waals surface area contributed by atoms with Gasteiger partial charge in [-0.3, -0.25) is 4.79 Å². The van der Waals surface area contributed by atoms with Crippen LogP contribution in [0.15, 0.2) is 74.7 Å². The monoisotopic (exact) mass is 556 g/mol. The smallest absolute Gasteiger partial charge is 0.416 e. The molecule has 0 fully saturated rings. The van der Waals surface area contributed by atoms with Crippen LogP contribution < -0.4 is 10.2 Å². The third-order valence-corrected chi connectivity index (χ3v) is 5.14. The van der Waals surface area contributed by atoms with E-state index < -0.39 is 17.6 Å². The lowest BCUT2D eigenvalue weighted by molar-refractivity contribution is -0.137. The van der Waals surface area contributed by atoms with Gasteiger partial charge < -0.3 is 9.84 Å². The first-order valence-electron chi connectivity index (χ1n) is 8.60. The van der Waals surface area contributed by atoms with E-state index in [1.807, 2.05) is 0 Å². The molecular formula is C21H13Br2F3N2O3. The Bertz CT molecular complexity index is 1110. The average molecular weight is 558 g/mol. The Balaban J connectivity index is 1.66. The molecular weight excluding hydrogens is 545 g/mol. The number of phenols is 1. The van der Waals surface area contributed by atoms with Crippen molar-refractivity contribution in [1.29, 1.82) is 0 Å². The van der Waals surface area contributed by atoms with Crippen LogP contribution in [0.1, 0.15) is 21.5 Å². The lowest BCUT2D eigenvalue weighted by atomic mass is 10.2. The minimum Gasteiger partial charge on any atom is -0.506 e. The van der Waals surface area contributed by atoms with Crippen LogP contribution in [0.4, 0.5) is 13.2 Å². The molecule has 0 atom stereocenters. The van der Waals surface area contributed by atoms with Gasteiger partial charge in [0.15, 0.2) is 0 Å². The number of nitrogens with one attached hydrogen (secondary N) is 1. The zero-order valence-corrected chi connectivity index (χ0v) is 18.6. The number of rotatable bonds is 5. The maximum atomic E-state index is 12.6. The number of alkyl halides is 3. The minimum atomic E-state index is -4.43. The molecule has 0 bridgehead atoms. The second kappa shape index (κ2) is 9.52. The Morgan fingerprint density at radius 1 is 1.00 bits per heavy atom. The van der Waals surface area contributed by atoms with Crippen LogP contribution >= 0.6 is 31.9 Å². The number of hydrazone groups is 1. The minimum absolute atomic E-state index is 0.0473. The molecule has 2 N–H and O–H groups in total. The van der Waals surface area contributed by atoms with Crippen molar-refractivity contribution >= 4 is 44.0 Å². The van der Waals surface area contributed by atoms with Crippen LogP contribution in [0.5, 0.6) is 17.2 Å². The second-order valence-corrected chi connectivity index (χ2v) is 7.89. The summed E-state index contributed by atoms with van der Waals surface area (Å²) in [5.74, 6) is 0.0203. The molecule has 0 radical (unpaired) electrons. The summed E-state index contributed by atoms with van der Waals surface area (Å²) in [6.07, 6.45) is -3.03. The van der Waals surface area contributed by atoms with E-state index in [1.54, 1.807) is 24.3 Å². The van der Waals surface area contributed by atoms with Gasteiger partial charge in [0, 0.05) is 5.56 Å². The Morgan fingerprint density at radius 3 is 2.26 bits per heavy atom. The summed E-state index contributed by atoms with van der Waals surface area (Å²) < 4.78 is 44.4. The molecule has 0 aliphatic carbocycles. The second-order valence-electron chi connectivity index (χ2n) is 6.18. The number of carbonyl (C=O) groups excluding carboxylic acids is 1. The summed E-state index contributed by atoms with van der Waals surface area (Å²) in [6, 6.07) is 13.6. The van der Waals surface area contributed by atoms with Gasteiger partial charge in [0.05, 0.1) is 20.7 Å². The topological polar surface area (TPSA) is 70.9 Å². The molecule has 5 nitrogen and oxygen atoms in total. The number of aromatic hydroxyl groups is 1. The van der Waals surface area contributed by atoms with Crippen molar-refractivity contribution in [3.05, 3.63) is 86.3 Å². The van der Waals surface area contributed by atoms with Crippen molar-refractivity contribution in [2.75, 3.05) is 0 Å². The molecule has 0 aliphatic heterocycles. The Labute approximate surface area is 191 Å². The third-order valence-electron chi connectivity index (χ3n) is 3.93. The zero-order chi connectivity index (χ0) is 22.6. The highest BCUT2D eigenvalue weighted by atomic mass is 79.9. The molecule has 0 aromatic heterocycles. The molecule has 0 heterocycles. The Morgan fingerprint density at radius 2 is 1.65 bits per heavy atom. The highest BCUT2D eigenvalue weighted by molar-refractivity contribution is 9.11. The van der Waals surface area contributed by atoms with Crippen LogP contribution in [0.25, 0.3) is 0 Å². The van der Waals surface area contributed by atoms with E-state index in [0.717, 1.165) is 12.1 Å². The van der Waals surface area contributed by atoms with Crippen molar-refractivity contribution in [1.82, 2.24) is 5.43 Å². The Hall–Kier alpha value is -2.85. The van der Waals surface area contributed by atoms with Gasteiger partial charge >= 0.3 is 6.18 Å². The van der Waals surface area contributed by atoms with E-state index in [9.17, 15) is 23.1 Å². The lowest BCUT2D eigenvalue weighted by Crippen LogP contribution is -2.17. The summed E-state index contributed by atoms with van der Waals surface area (Å²) in [4.78, 5) is 12.3. The summed E-state index contributed by atoms with van der Waals surface area (Å²) in [5, 5.41) is 13.6. The van der Waals surface area contributed by atoms with Crippen LogP contribution in [0, 0.1) is 0 Å². The SMILES string of the molecule is O=C(NN=Cc1cc(Br)c(O)c(Br)c1)c1cccc(Oc2ccc(C(F)(F)F)cc2)c1. The molecule has 0 unspecified atom stereocenters. The van der Waals surface area contributed by atoms with E-state index >= 15 is 0 Å². The number of phenolic OH excluding ortho intramolecular Hbond substituents is 1. The number of carbonyl (C=O) groups is 1. The zero-order valence-electron chi connectivity index (χ0n) is 15.5. The van der Waals surface area contributed by atoms with Crippen LogP contribution in [-0.4, -0.2) is 17.2 Å². The molecule has 3 aromatic carbocycles. The molecule has 160 valence electrons. The molecule has 0 spiro atoms. The van der Waals surface area contributed by atoms with Gasteiger partial charge in [0.1, 0.15) is 17.2 Å². The van der Waals surface area contributed by atoms with Crippen molar-refractivity contribution in [3.8, 4) is 17.2 Å². The molecule has 0 aliphatic rings. The first-order valence-corrected chi connectivity index (χ1v) is 10.2. The molecule has 1 amide bonds. The van der Waals surface area contributed by atoms with Gasteiger partial charge in [0.25, 0.3) is 5.91 Å². The van der Waals surface area contributed by atoms with Crippen molar-refractivity contribution < 1.29 is 27.8 Å². The van der Waals surface area contributed by atoms with Crippen LogP contribution in [-0.2, 0) is 6.18 Å². The number of halogens is 5. The maximum Gasteiger partial charge on any atom is 0.416 e. The quantitative estimate of drug-likeness (QED) is 0.278. The predicted octanol–water partition coefficient (Wildman–Crippen LogP) is 6.49. The highest BCUT2D eigenvalue weighted by Crippen LogP contribution is 2.33. The van der Waals surface area contributed by atoms with Gasteiger partial charge in [-0.25, -0.2) is 5.43 Å². The van der Waals surface area contributed by atoms with E-state index in [2.05, 4.69) is 42.4 Å². The van der Waals surface area contributed by atoms with Gasteiger partial charge in [-0.05, 0) is 92.0 Å². The fourth-order valence-electron chi connectivity index (χ4n) is 2.44. The van der Waals surface area contributed by atoms with Crippen molar-refractivity contribution in [2.24, 2.45) is 5.10 Å². The van der Waals surface area contributed by atoms with Crippen LogP contribution in [0.3, 0.4) is 0 Å². The largest absolute Gasteiger partial charge is 0.506 e. The molecule has 0 saturated carbocycles. The van der Waals surface area contributed by atoms with Gasteiger partial charge in [-0.15, -0.1) is 0 Å². The van der Waals surface area contributed by atoms with Crippen molar-refractivity contribution in [3.63, 3.8) is 0 Å². The maximum absolute atomic E-state index is 12.6. The van der Waals surface area contributed by atoms with Gasteiger partial charge in [-0.2, -0.15) is 18.3 Å². The summed E-state index contributed by atoms with van der Waals surface area (Å²) >= 11 is 6.41. The molecule has 3 aromatic rings. The number of amides is 1. The first kappa shape index (κ1) is 22.8. The number of ether oxygens (including phenoxy) is 1. The summed E-state index contributed by atoms with van der Waals surface area (Å²) in [6.45, 7) is 0. The van der Waals surface area contributed by atoms with Gasteiger partial charge in [0.2, 0.25) is 0 Å². The number of hydrogen-bond donors (Lipinski definition) is 2. The molecule has 31 heavy (non-hydrogen) atoms. The first-order chi connectivity index (χ1) is 14.6. The lowest BCUT2D eigenvalue weighted by Gasteiger charge is -2.09. The summed E-state index contributed by atoms with van der Waals surface area (Å²) in [7, 11) is 0. The van der Waals surface area contributed by atoms with E-state index in [0.29, 0.717) is 14.5 Å². The Kier molecular flexibility index (Phi) is 7.01. The number of nitrogens with zero attached hydrogens (tertiary/aromatic N) is 1. The molecule has 10 heteroatoms. The fraction of sp³-hybridized carbons (Fsp3) is 0.0476. The normalized spacial score (nSPS) is 11.5. The predicted molar refractivity (Wildman–Crippen MR) is 117 cm³/mol. The molecule has 0 saturated heterocycles. The summed E-state index contributed by atoms with van der Waals surface area (Å²) in [5.41, 5.74) is 2.46. The van der Waals surface area contributed by atoms with E-state index in [4.69, 9.17) is 4.74 Å². The van der Waals surface area contributed by atoms with Crippen LogP contribution in [0.2, 0.25) is 0 Å².